The number of halogens is 1. The molecule has 1 aromatic carbocycles. The standard InChI is InChI=1S/C25H29FN4O8/c1-4-28-8-14(31)29-13-7-12(26)10-5-9-6-11-18(30(2)3)21(34)17(24(27)37)23(36)25(11,38)22(35)15(9)20(33)16(10)19(13)32/h7,9,11,18,28,32,34-35,38H,4-6,8H2,1-3H3,(H2,27,37)(H,29,31)/t9-,11-,18-,25-/m0/s1. The molecule has 204 valence electrons. The predicted molar refractivity (Wildman–Crippen MR) is 131 cm³/mol. The summed E-state index contributed by atoms with van der Waals surface area (Å²) >= 11 is 0. The van der Waals surface area contributed by atoms with Gasteiger partial charge in [-0.25, -0.2) is 4.39 Å². The highest BCUT2D eigenvalue weighted by atomic mass is 19.1. The number of amides is 2. The van der Waals surface area contributed by atoms with Crippen LogP contribution in [0, 0.1) is 17.7 Å². The van der Waals surface area contributed by atoms with Crippen LogP contribution in [-0.4, -0.2) is 87.5 Å². The second-order valence-corrected chi connectivity index (χ2v) is 9.90. The third kappa shape index (κ3) is 3.85. The van der Waals surface area contributed by atoms with Gasteiger partial charge in [-0.05, 0) is 39.4 Å². The predicted octanol–water partition coefficient (Wildman–Crippen LogP) is -0.192. The highest BCUT2D eigenvalue weighted by Gasteiger charge is 2.63. The Balaban J connectivity index is 1.87. The maximum atomic E-state index is 15.2. The topological polar surface area (TPSA) is 203 Å². The molecule has 0 saturated heterocycles. The number of nitrogens with two attached hydrogens (primary N) is 1. The fourth-order valence-electron chi connectivity index (χ4n) is 5.80. The van der Waals surface area contributed by atoms with Gasteiger partial charge in [0, 0.05) is 23.1 Å². The van der Waals surface area contributed by atoms with E-state index in [0.29, 0.717) is 6.54 Å². The summed E-state index contributed by atoms with van der Waals surface area (Å²) in [5, 5.41) is 49.5. The summed E-state index contributed by atoms with van der Waals surface area (Å²) in [6.45, 7) is 2.11. The fraction of sp³-hybridized carbons (Fsp3) is 0.440. The zero-order chi connectivity index (χ0) is 28.3. The number of phenols is 1. The molecule has 0 fully saturated rings. The first kappa shape index (κ1) is 27.2. The summed E-state index contributed by atoms with van der Waals surface area (Å²) in [6.07, 6.45) is -0.354. The van der Waals surface area contributed by atoms with Gasteiger partial charge in [-0.1, -0.05) is 6.92 Å². The number of nitrogens with one attached hydrogen (secondary N) is 2. The van der Waals surface area contributed by atoms with Crippen molar-refractivity contribution in [3.63, 3.8) is 0 Å². The molecule has 2 amide bonds. The number of hydrogen-bond acceptors (Lipinski definition) is 10. The third-order valence-electron chi connectivity index (χ3n) is 7.48. The van der Waals surface area contributed by atoms with E-state index < -0.39 is 86.7 Å². The lowest BCUT2D eigenvalue weighted by Gasteiger charge is -2.50. The van der Waals surface area contributed by atoms with Crippen LogP contribution < -0.4 is 16.4 Å². The van der Waals surface area contributed by atoms with Crippen LogP contribution in [-0.2, 0) is 20.8 Å². The van der Waals surface area contributed by atoms with Crippen molar-refractivity contribution in [3.8, 4) is 5.75 Å². The maximum Gasteiger partial charge on any atom is 0.255 e. The Morgan fingerprint density at radius 1 is 1.24 bits per heavy atom. The smallest absolute Gasteiger partial charge is 0.255 e. The zero-order valence-electron chi connectivity index (χ0n) is 21.0. The quantitative estimate of drug-likeness (QED) is 0.190. The monoisotopic (exact) mass is 532 g/mol. The zero-order valence-corrected chi connectivity index (χ0v) is 21.0. The van der Waals surface area contributed by atoms with Gasteiger partial charge >= 0.3 is 0 Å². The van der Waals surface area contributed by atoms with Crippen LogP contribution in [0.25, 0.3) is 0 Å². The van der Waals surface area contributed by atoms with Crippen LogP contribution in [0.5, 0.6) is 5.75 Å². The molecule has 0 spiro atoms. The normalized spacial score (nSPS) is 26.7. The molecule has 0 aromatic heterocycles. The molecule has 0 radical (unpaired) electrons. The number of allylic oxidation sites excluding steroid dienone is 1. The van der Waals surface area contributed by atoms with Gasteiger partial charge in [0.05, 0.1) is 23.8 Å². The number of aliphatic hydroxyl groups is 3. The molecular weight excluding hydrogens is 503 g/mol. The van der Waals surface area contributed by atoms with Crippen LogP contribution in [0.3, 0.4) is 0 Å². The van der Waals surface area contributed by atoms with Gasteiger partial charge in [0.15, 0.2) is 17.1 Å². The average molecular weight is 533 g/mol. The highest BCUT2D eigenvalue weighted by Crippen LogP contribution is 2.53. The van der Waals surface area contributed by atoms with Gasteiger partial charge in [-0.15, -0.1) is 0 Å². The minimum Gasteiger partial charge on any atom is -0.510 e. The Hall–Kier alpha value is -3.81. The Morgan fingerprint density at radius 3 is 2.47 bits per heavy atom. The minimum atomic E-state index is -2.80. The number of carbonyl (C=O) groups is 4. The van der Waals surface area contributed by atoms with Gasteiger partial charge in [-0.3, -0.25) is 24.1 Å². The number of hydrogen-bond donors (Lipinski definition) is 7. The second kappa shape index (κ2) is 9.49. The first-order valence-electron chi connectivity index (χ1n) is 12.0. The van der Waals surface area contributed by atoms with E-state index in [-0.39, 0.29) is 30.6 Å². The number of anilines is 1. The van der Waals surface area contributed by atoms with Crippen molar-refractivity contribution in [3.05, 3.63) is 45.7 Å². The fourth-order valence-corrected chi connectivity index (χ4v) is 5.80. The molecule has 12 nitrogen and oxygen atoms in total. The molecule has 3 aliphatic rings. The Morgan fingerprint density at radius 2 is 1.89 bits per heavy atom. The average Bonchev–Trinajstić information content (AvgIpc) is 2.82. The number of likely N-dealkylation sites (N-methyl/N-ethyl adjacent to an activating group) is 2. The van der Waals surface area contributed by atoms with Gasteiger partial charge in [0.1, 0.15) is 22.9 Å². The number of carbonyl (C=O) groups excluding carboxylic acids is 4. The molecule has 0 saturated carbocycles. The van der Waals surface area contributed by atoms with Crippen molar-refractivity contribution in [1.29, 1.82) is 0 Å². The van der Waals surface area contributed by atoms with E-state index in [4.69, 9.17) is 5.73 Å². The third-order valence-corrected chi connectivity index (χ3v) is 7.48. The lowest BCUT2D eigenvalue weighted by atomic mass is 9.58. The van der Waals surface area contributed by atoms with Crippen molar-refractivity contribution in [2.75, 3.05) is 32.5 Å². The summed E-state index contributed by atoms with van der Waals surface area (Å²) < 4.78 is 15.2. The lowest BCUT2D eigenvalue weighted by Crippen LogP contribution is -2.63. The highest BCUT2D eigenvalue weighted by molar-refractivity contribution is 6.25. The Kier molecular flexibility index (Phi) is 6.80. The summed E-state index contributed by atoms with van der Waals surface area (Å²) in [5.41, 5.74) is 0.110. The number of rotatable bonds is 6. The van der Waals surface area contributed by atoms with Crippen LogP contribution in [0.1, 0.15) is 29.3 Å². The number of aliphatic hydroxyl groups excluding tert-OH is 2. The van der Waals surface area contributed by atoms with E-state index in [9.17, 15) is 39.6 Å². The van der Waals surface area contributed by atoms with E-state index in [1.165, 1.54) is 19.0 Å². The summed E-state index contributed by atoms with van der Waals surface area (Å²) in [7, 11) is 3.02. The van der Waals surface area contributed by atoms with Crippen LogP contribution in [0.15, 0.2) is 28.7 Å². The summed E-state index contributed by atoms with van der Waals surface area (Å²) in [6, 6.07) is -0.257. The number of nitrogens with zero attached hydrogens (tertiary/aromatic N) is 1. The SMILES string of the molecule is CCNCC(=O)Nc1cc(F)c2c(c1O)C(=O)C1=C(O)[C@]3(O)C(=O)C(C(N)=O)=C(O)[C@@H](N(C)C)[C@@H]3C[C@@H]1C2. The number of benzene rings is 1. The minimum absolute atomic E-state index is 0.136. The molecule has 13 heteroatoms. The molecule has 4 atom stereocenters. The van der Waals surface area contributed by atoms with E-state index >= 15 is 4.39 Å². The molecule has 8 N–H and O–H groups in total. The van der Waals surface area contributed by atoms with Crippen LogP contribution >= 0.6 is 0 Å². The molecule has 38 heavy (non-hydrogen) atoms. The molecular formula is C25H29FN4O8. The molecule has 0 aliphatic heterocycles. The van der Waals surface area contributed by atoms with Gasteiger partial charge < -0.3 is 36.8 Å². The molecule has 1 aromatic rings. The lowest BCUT2D eigenvalue weighted by molar-refractivity contribution is -0.148. The van der Waals surface area contributed by atoms with Gasteiger partial charge in [0.2, 0.25) is 11.7 Å². The molecule has 4 rings (SSSR count). The Bertz CT molecular complexity index is 1340. The molecule has 3 aliphatic carbocycles. The van der Waals surface area contributed by atoms with Crippen molar-refractivity contribution < 1.29 is 44.0 Å². The number of primary amides is 1. The number of phenolic OH excluding ortho intramolecular Hbond substituents is 1. The Labute approximate surface area is 216 Å². The van der Waals surface area contributed by atoms with Gasteiger partial charge in [0.25, 0.3) is 5.91 Å². The maximum absolute atomic E-state index is 15.2. The van der Waals surface area contributed by atoms with Crippen LogP contribution in [0.4, 0.5) is 10.1 Å². The van der Waals surface area contributed by atoms with Gasteiger partial charge in [-0.2, -0.15) is 0 Å². The van der Waals surface area contributed by atoms with Crippen molar-refractivity contribution in [2.45, 2.75) is 31.4 Å². The number of Topliss-reactive ketones (excluding diaryl/α,β-unsaturated/α-hetero) is 2. The van der Waals surface area contributed by atoms with Crippen LogP contribution in [0.2, 0.25) is 0 Å². The largest absolute Gasteiger partial charge is 0.510 e. The van der Waals surface area contributed by atoms with E-state index in [2.05, 4.69) is 10.6 Å². The molecule has 0 bridgehead atoms. The van der Waals surface area contributed by atoms with E-state index in [1.54, 1.807) is 6.92 Å². The number of aromatic hydroxyl groups is 1. The molecule has 0 heterocycles. The van der Waals surface area contributed by atoms with Crippen molar-refractivity contribution in [1.82, 2.24) is 10.2 Å². The second-order valence-electron chi connectivity index (χ2n) is 9.90. The summed E-state index contributed by atoms with van der Waals surface area (Å²) in [4.78, 5) is 52.4. The first-order chi connectivity index (χ1) is 17.8. The van der Waals surface area contributed by atoms with E-state index in [0.717, 1.165) is 6.07 Å². The first-order valence-corrected chi connectivity index (χ1v) is 12.0. The summed E-state index contributed by atoms with van der Waals surface area (Å²) in [5.74, 6) is -9.83. The molecule has 0 unspecified atom stereocenters. The number of fused-ring (bicyclic) bond motifs is 3. The van der Waals surface area contributed by atoms with E-state index in [1.807, 2.05) is 0 Å². The number of ketones is 2. The van der Waals surface area contributed by atoms with Crippen molar-refractivity contribution >= 4 is 29.1 Å². The van der Waals surface area contributed by atoms with Crippen molar-refractivity contribution in [2.24, 2.45) is 17.6 Å².